The summed E-state index contributed by atoms with van der Waals surface area (Å²) in [6.07, 6.45) is 6.52. The molecule has 0 spiro atoms. The van der Waals surface area contributed by atoms with Crippen LogP contribution in [0, 0.1) is 5.92 Å². The van der Waals surface area contributed by atoms with Crippen LogP contribution in [0.2, 0.25) is 0 Å². The van der Waals surface area contributed by atoms with Gasteiger partial charge in [0.15, 0.2) is 0 Å². The van der Waals surface area contributed by atoms with E-state index in [1.54, 1.807) is 24.9 Å². The van der Waals surface area contributed by atoms with Crippen LogP contribution in [-0.2, 0) is 14.8 Å². The normalized spacial score (nSPS) is 24.3. The van der Waals surface area contributed by atoms with Gasteiger partial charge in [0.1, 0.15) is 16.7 Å². The van der Waals surface area contributed by atoms with Crippen molar-refractivity contribution in [3.63, 3.8) is 0 Å². The highest BCUT2D eigenvalue weighted by Gasteiger charge is 2.38. The first-order valence-corrected chi connectivity index (χ1v) is 13.0. The summed E-state index contributed by atoms with van der Waals surface area (Å²) in [5.41, 5.74) is 2.19. The van der Waals surface area contributed by atoms with Crippen LogP contribution < -0.4 is 4.74 Å². The predicted octanol–water partition coefficient (Wildman–Crippen LogP) is 3.28. The number of likely N-dealkylation sites (N-methyl/N-ethyl adjacent to an activating group) is 1. The molecule has 0 saturated heterocycles. The fraction of sp³-hybridized carbons (Fsp3) is 0.625. The summed E-state index contributed by atoms with van der Waals surface area (Å²) in [4.78, 5) is 14.0. The third kappa shape index (κ3) is 5.18. The summed E-state index contributed by atoms with van der Waals surface area (Å²) in [6.45, 7) is 5.75. The first-order chi connectivity index (χ1) is 15.2. The van der Waals surface area contributed by atoms with Gasteiger partial charge in [-0.2, -0.15) is 4.31 Å². The monoisotopic (exact) mass is 464 g/mol. The molecule has 1 aliphatic heterocycles. The SMILES string of the molecule is CCC(=O)N(C)C[C@H]1Oc2cc(C3=CCCCC3)ccc2S(=O)(=O)N([C@H](C)CO)C[C@@H]1C. The first-order valence-electron chi connectivity index (χ1n) is 11.6. The number of ether oxygens (including phenoxy) is 1. The summed E-state index contributed by atoms with van der Waals surface area (Å²) in [5.74, 6) is 0.145. The van der Waals surface area contributed by atoms with Crippen molar-refractivity contribution in [1.29, 1.82) is 0 Å². The lowest BCUT2D eigenvalue weighted by Crippen LogP contribution is -2.50. The van der Waals surface area contributed by atoms with Gasteiger partial charge in [-0.1, -0.05) is 26.0 Å². The molecular weight excluding hydrogens is 428 g/mol. The number of allylic oxidation sites excluding steroid dienone is 2. The highest BCUT2D eigenvalue weighted by atomic mass is 32.2. The average molecular weight is 465 g/mol. The molecule has 0 unspecified atom stereocenters. The van der Waals surface area contributed by atoms with Gasteiger partial charge in [-0.05, 0) is 55.9 Å². The number of hydrogen-bond acceptors (Lipinski definition) is 5. The molecule has 1 amide bonds. The van der Waals surface area contributed by atoms with Gasteiger partial charge in [-0.3, -0.25) is 4.79 Å². The number of aliphatic hydroxyl groups excluding tert-OH is 1. The van der Waals surface area contributed by atoms with E-state index >= 15 is 0 Å². The fourth-order valence-corrected chi connectivity index (χ4v) is 6.21. The van der Waals surface area contributed by atoms with Crippen molar-refractivity contribution in [2.75, 3.05) is 26.7 Å². The van der Waals surface area contributed by atoms with E-state index in [0.29, 0.717) is 18.7 Å². The molecule has 3 atom stereocenters. The fourth-order valence-electron chi connectivity index (χ4n) is 4.39. The van der Waals surface area contributed by atoms with Crippen molar-refractivity contribution < 1.29 is 23.1 Å². The van der Waals surface area contributed by atoms with E-state index in [-0.39, 0.29) is 36.0 Å². The van der Waals surface area contributed by atoms with E-state index in [2.05, 4.69) is 6.08 Å². The smallest absolute Gasteiger partial charge is 0.247 e. The Morgan fingerprint density at radius 3 is 2.72 bits per heavy atom. The number of amides is 1. The molecule has 1 aromatic carbocycles. The molecule has 178 valence electrons. The molecule has 7 nitrogen and oxygen atoms in total. The number of rotatable bonds is 6. The van der Waals surface area contributed by atoms with Crippen LogP contribution in [0.3, 0.4) is 0 Å². The molecule has 0 radical (unpaired) electrons. The maximum atomic E-state index is 13.5. The Balaban J connectivity index is 2.07. The van der Waals surface area contributed by atoms with Crippen molar-refractivity contribution >= 4 is 21.5 Å². The van der Waals surface area contributed by atoms with Crippen molar-refractivity contribution in [2.24, 2.45) is 5.92 Å². The molecule has 1 heterocycles. The Kier molecular flexibility index (Phi) is 8.01. The highest BCUT2D eigenvalue weighted by molar-refractivity contribution is 7.89. The van der Waals surface area contributed by atoms with Crippen LogP contribution in [0.5, 0.6) is 5.75 Å². The van der Waals surface area contributed by atoms with Crippen LogP contribution in [0.1, 0.15) is 58.4 Å². The minimum Gasteiger partial charge on any atom is -0.487 e. The highest BCUT2D eigenvalue weighted by Crippen LogP contribution is 2.37. The van der Waals surface area contributed by atoms with Crippen LogP contribution >= 0.6 is 0 Å². The Labute approximate surface area is 192 Å². The van der Waals surface area contributed by atoms with Gasteiger partial charge in [0.25, 0.3) is 0 Å². The van der Waals surface area contributed by atoms with E-state index in [0.717, 1.165) is 24.8 Å². The zero-order valence-electron chi connectivity index (χ0n) is 19.6. The van der Waals surface area contributed by atoms with E-state index in [1.165, 1.54) is 16.3 Å². The Morgan fingerprint density at radius 1 is 1.34 bits per heavy atom. The Hall–Kier alpha value is -1.90. The van der Waals surface area contributed by atoms with E-state index in [4.69, 9.17) is 4.74 Å². The summed E-state index contributed by atoms with van der Waals surface area (Å²) in [6, 6.07) is 4.74. The summed E-state index contributed by atoms with van der Waals surface area (Å²) in [7, 11) is -2.11. The lowest BCUT2D eigenvalue weighted by molar-refractivity contribution is -0.131. The van der Waals surface area contributed by atoms with E-state index in [1.807, 2.05) is 26.0 Å². The van der Waals surface area contributed by atoms with Crippen LogP contribution in [0.15, 0.2) is 29.2 Å². The second-order valence-corrected chi connectivity index (χ2v) is 10.9. The van der Waals surface area contributed by atoms with Crippen LogP contribution in [0.4, 0.5) is 0 Å². The van der Waals surface area contributed by atoms with E-state index < -0.39 is 16.1 Å². The largest absolute Gasteiger partial charge is 0.487 e. The molecule has 8 heteroatoms. The lowest BCUT2D eigenvalue weighted by Gasteiger charge is -2.37. The van der Waals surface area contributed by atoms with Gasteiger partial charge < -0.3 is 14.7 Å². The van der Waals surface area contributed by atoms with E-state index in [9.17, 15) is 18.3 Å². The van der Waals surface area contributed by atoms with Gasteiger partial charge in [0.2, 0.25) is 15.9 Å². The molecule has 0 bridgehead atoms. The number of carbonyl (C=O) groups excluding carboxylic acids is 1. The molecule has 2 aliphatic rings. The molecule has 32 heavy (non-hydrogen) atoms. The van der Waals surface area contributed by atoms with Crippen molar-refractivity contribution in [3.8, 4) is 5.75 Å². The number of nitrogens with zero attached hydrogens (tertiary/aromatic N) is 2. The van der Waals surface area contributed by atoms with Gasteiger partial charge in [0.05, 0.1) is 13.2 Å². The molecule has 3 rings (SSSR count). The standard InChI is InChI=1S/C24H36N2O5S/c1-5-24(28)25(4)15-22-17(2)14-26(18(3)16-27)32(29,30)23-12-11-20(13-21(23)31-22)19-9-7-6-8-10-19/h9,11-13,17-18,22,27H,5-8,10,14-16H2,1-4H3/t17-,18+,22+/m0/s1. The molecule has 0 saturated carbocycles. The number of carbonyl (C=O) groups is 1. The first kappa shape index (κ1) is 24.7. The summed E-state index contributed by atoms with van der Waals surface area (Å²) < 4.78 is 34.8. The maximum absolute atomic E-state index is 13.5. The number of fused-ring (bicyclic) bond motifs is 1. The van der Waals surface area contributed by atoms with Gasteiger partial charge in [-0.15, -0.1) is 0 Å². The second kappa shape index (κ2) is 10.4. The molecular formula is C24H36N2O5S. The third-order valence-electron chi connectivity index (χ3n) is 6.51. The number of sulfonamides is 1. The topological polar surface area (TPSA) is 87.2 Å². The van der Waals surface area contributed by atoms with Gasteiger partial charge in [-0.25, -0.2) is 8.42 Å². The second-order valence-electron chi connectivity index (χ2n) is 9.00. The summed E-state index contributed by atoms with van der Waals surface area (Å²) in [5, 5.41) is 9.75. The molecule has 0 aromatic heterocycles. The Morgan fingerprint density at radius 2 is 2.09 bits per heavy atom. The minimum absolute atomic E-state index is 0.0115. The molecule has 1 N–H and O–H groups in total. The van der Waals surface area contributed by atoms with Crippen molar-refractivity contribution in [1.82, 2.24) is 9.21 Å². The van der Waals surface area contributed by atoms with Crippen molar-refractivity contribution in [2.45, 2.75) is 69.9 Å². The molecule has 0 fully saturated rings. The zero-order valence-corrected chi connectivity index (χ0v) is 20.4. The van der Waals surface area contributed by atoms with Crippen molar-refractivity contribution in [3.05, 3.63) is 29.8 Å². The minimum atomic E-state index is -3.86. The maximum Gasteiger partial charge on any atom is 0.247 e. The predicted molar refractivity (Wildman–Crippen MR) is 125 cm³/mol. The van der Waals surface area contributed by atoms with Crippen LogP contribution in [-0.4, -0.2) is 67.5 Å². The quantitative estimate of drug-likeness (QED) is 0.698. The third-order valence-corrected chi connectivity index (χ3v) is 8.53. The average Bonchev–Trinajstić information content (AvgIpc) is 2.80. The molecule has 1 aromatic rings. The number of aliphatic hydroxyl groups is 1. The number of benzene rings is 1. The molecule has 1 aliphatic carbocycles. The van der Waals surface area contributed by atoms with Gasteiger partial charge in [0, 0.05) is 32.0 Å². The summed E-state index contributed by atoms with van der Waals surface area (Å²) >= 11 is 0. The number of hydrogen-bond donors (Lipinski definition) is 1. The zero-order chi connectivity index (χ0) is 23.5. The Bertz CT molecular complexity index is 959. The lowest BCUT2D eigenvalue weighted by atomic mass is 9.93. The van der Waals surface area contributed by atoms with Crippen LogP contribution in [0.25, 0.3) is 5.57 Å². The van der Waals surface area contributed by atoms with Gasteiger partial charge >= 0.3 is 0 Å².